The van der Waals surface area contributed by atoms with E-state index >= 15 is 0 Å². The molecule has 0 saturated carbocycles. The molecular weight excluding hydrogens is 238 g/mol. The molecule has 4 nitrogen and oxygen atoms in total. The van der Waals surface area contributed by atoms with Gasteiger partial charge in [-0.05, 0) is 38.7 Å². The highest BCUT2D eigenvalue weighted by atomic mass is 16.3. The maximum Gasteiger partial charge on any atom is 0.165 e. The summed E-state index contributed by atoms with van der Waals surface area (Å²) in [6, 6.07) is 1.91. The molecule has 0 aromatic carbocycles. The molecule has 0 saturated heterocycles. The zero-order chi connectivity index (χ0) is 13.1. The van der Waals surface area contributed by atoms with Gasteiger partial charge in [0.25, 0.3) is 0 Å². The van der Waals surface area contributed by atoms with Crippen molar-refractivity contribution in [1.29, 1.82) is 0 Å². The van der Waals surface area contributed by atoms with E-state index in [4.69, 9.17) is 9.40 Å². The van der Waals surface area contributed by atoms with Crippen LogP contribution in [-0.2, 0) is 12.8 Å². The molecule has 2 aromatic rings. The van der Waals surface area contributed by atoms with Crippen molar-refractivity contribution < 1.29 is 4.42 Å². The van der Waals surface area contributed by atoms with E-state index in [9.17, 15) is 0 Å². The summed E-state index contributed by atoms with van der Waals surface area (Å²) < 4.78 is 5.14. The Morgan fingerprint density at radius 1 is 1.21 bits per heavy atom. The number of nitrogens with one attached hydrogen (secondary N) is 1. The molecule has 100 valence electrons. The van der Waals surface area contributed by atoms with Crippen molar-refractivity contribution in [1.82, 2.24) is 9.97 Å². The van der Waals surface area contributed by atoms with Gasteiger partial charge in [0.1, 0.15) is 12.1 Å². The average Bonchev–Trinajstić information content (AvgIpc) is 2.85. The smallest absolute Gasteiger partial charge is 0.165 e. The molecule has 4 heteroatoms. The summed E-state index contributed by atoms with van der Waals surface area (Å²) in [5.41, 5.74) is 3.47. The summed E-state index contributed by atoms with van der Waals surface area (Å²) in [6.45, 7) is 2.98. The van der Waals surface area contributed by atoms with E-state index in [2.05, 4.69) is 17.2 Å². The fraction of sp³-hybridized carbons (Fsp3) is 0.467. The number of nitrogens with zero attached hydrogens (tertiary/aromatic N) is 2. The second kappa shape index (κ2) is 5.43. The highest BCUT2D eigenvalue weighted by Crippen LogP contribution is 2.27. The third kappa shape index (κ3) is 2.48. The van der Waals surface area contributed by atoms with Crippen LogP contribution >= 0.6 is 0 Å². The summed E-state index contributed by atoms with van der Waals surface area (Å²) in [7, 11) is 0. The third-order valence-corrected chi connectivity index (χ3v) is 3.56. The van der Waals surface area contributed by atoms with Crippen molar-refractivity contribution in [2.45, 2.75) is 39.0 Å². The quantitative estimate of drug-likeness (QED) is 0.856. The van der Waals surface area contributed by atoms with Crippen molar-refractivity contribution in [2.24, 2.45) is 0 Å². The van der Waals surface area contributed by atoms with Crippen LogP contribution in [0, 0.1) is 0 Å². The minimum atomic E-state index is 0.769. The summed E-state index contributed by atoms with van der Waals surface area (Å²) in [6.07, 6.45) is 9.25. The fourth-order valence-electron chi connectivity index (χ4n) is 2.61. The number of aryl methyl sites for hydroxylation is 1. The summed E-state index contributed by atoms with van der Waals surface area (Å²) in [5.74, 6) is 1.77. The molecular formula is C15H19N3O. The number of fused-ring (bicyclic) bond motifs is 1. The van der Waals surface area contributed by atoms with Gasteiger partial charge < -0.3 is 9.73 Å². The monoisotopic (exact) mass is 257 g/mol. The van der Waals surface area contributed by atoms with Crippen LogP contribution in [0.25, 0.3) is 11.4 Å². The zero-order valence-electron chi connectivity index (χ0n) is 11.3. The molecule has 0 amide bonds. The summed E-state index contributed by atoms with van der Waals surface area (Å²) in [4.78, 5) is 9.43. The van der Waals surface area contributed by atoms with Crippen molar-refractivity contribution in [2.75, 3.05) is 11.9 Å². The van der Waals surface area contributed by atoms with E-state index in [-0.39, 0.29) is 0 Å². The Morgan fingerprint density at radius 2 is 2.11 bits per heavy atom. The fourth-order valence-corrected chi connectivity index (χ4v) is 2.61. The lowest BCUT2D eigenvalue weighted by Gasteiger charge is -2.13. The SMILES string of the molecule is CCNc1nc(-c2ccoc2)nc2c1CCCCC2. The highest BCUT2D eigenvalue weighted by Gasteiger charge is 2.17. The number of rotatable bonds is 3. The van der Waals surface area contributed by atoms with Crippen LogP contribution in [0.2, 0.25) is 0 Å². The molecule has 0 aliphatic heterocycles. The number of anilines is 1. The van der Waals surface area contributed by atoms with Gasteiger partial charge in [-0.1, -0.05) is 6.42 Å². The largest absolute Gasteiger partial charge is 0.472 e. The van der Waals surface area contributed by atoms with Gasteiger partial charge in [0.2, 0.25) is 0 Å². The maximum atomic E-state index is 5.14. The van der Waals surface area contributed by atoms with E-state index in [0.29, 0.717) is 0 Å². The van der Waals surface area contributed by atoms with E-state index in [1.165, 1.54) is 30.5 Å². The molecule has 0 atom stereocenters. The molecule has 0 bridgehead atoms. The minimum Gasteiger partial charge on any atom is -0.472 e. The Hall–Kier alpha value is -1.84. The van der Waals surface area contributed by atoms with Crippen LogP contribution in [0.5, 0.6) is 0 Å². The van der Waals surface area contributed by atoms with Gasteiger partial charge in [0, 0.05) is 17.8 Å². The molecule has 19 heavy (non-hydrogen) atoms. The van der Waals surface area contributed by atoms with Gasteiger partial charge in [-0.25, -0.2) is 9.97 Å². The standard InChI is InChI=1S/C15H19N3O/c1-2-16-15-12-6-4-3-5-7-13(12)17-14(18-15)11-8-9-19-10-11/h8-10H,2-7H2,1H3,(H,16,17,18). The molecule has 3 rings (SSSR count). The molecule has 0 spiro atoms. The zero-order valence-corrected chi connectivity index (χ0v) is 11.3. The Labute approximate surface area is 113 Å². The van der Waals surface area contributed by atoms with Crippen LogP contribution in [0.1, 0.15) is 37.4 Å². The highest BCUT2D eigenvalue weighted by molar-refractivity contribution is 5.59. The van der Waals surface area contributed by atoms with E-state index in [0.717, 1.165) is 36.6 Å². The molecule has 0 fully saturated rings. The van der Waals surface area contributed by atoms with Crippen LogP contribution < -0.4 is 5.32 Å². The van der Waals surface area contributed by atoms with Crippen LogP contribution in [-0.4, -0.2) is 16.5 Å². The van der Waals surface area contributed by atoms with E-state index in [1.807, 2.05) is 6.07 Å². The number of furan rings is 1. The maximum absolute atomic E-state index is 5.14. The lowest BCUT2D eigenvalue weighted by atomic mass is 10.1. The van der Waals surface area contributed by atoms with Crippen molar-refractivity contribution >= 4 is 5.82 Å². The van der Waals surface area contributed by atoms with Gasteiger partial charge in [-0.3, -0.25) is 0 Å². The minimum absolute atomic E-state index is 0.769. The van der Waals surface area contributed by atoms with Crippen molar-refractivity contribution in [3.05, 3.63) is 29.9 Å². The van der Waals surface area contributed by atoms with Gasteiger partial charge >= 0.3 is 0 Å². The van der Waals surface area contributed by atoms with Gasteiger partial charge in [0.05, 0.1) is 11.8 Å². The first-order valence-electron chi connectivity index (χ1n) is 7.04. The molecule has 1 N–H and O–H groups in total. The molecule has 1 aliphatic rings. The summed E-state index contributed by atoms with van der Waals surface area (Å²) in [5, 5.41) is 3.38. The number of hydrogen-bond donors (Lipinski definition) is 1. The van der Waals surface area contributed by atoms with Crippen molar-refractivity contribution in [3.8, 4) is 11.4 Å². The number of aromatic nitrogens is 2. The third-order valence-electron chi connectivity index (χ3n) is 3.56. The molecule has 0 radical (unpaired) electrons. The van der Waals surface area contributed by atoms with E-state index in [1.54, 1.807) is 12.5 Å². The van der Waals surface area contributed by atoms with Gasteiger partial charge in [-0.15, -0.1) is 0 Å². The molecule has 0 unspecified atom stereocenters. The predicted octanol–water partition coefficient (Wildman–Crippen LogP) is 3.44. The Bertz CT molecular complexity index is 549. The lowest BCUT2D eigenvalue weighted by molar-refractivity contribution is 0.568. The van der Waals surface area contributed by atoms with Crippen LogP contribution in [0.15, 0.2) is 23.0 Å². The van der Waals surface area contributed by atoms with Crippen molar-refractivity contribution in [3.63, 3.8) is 0 Å². The lowest BCUT2D eigenvalue weighted by Crippen LogP contribution is -2.09. The first kappa shape index (κ1) is 12.2. The topological polar surface area (TPSA) is 51.0 Å². The first-order valence-corrected chi connectivity index (χ1v) is 7.04. The Morgan fingerprint density at radius 3 is 2.89 bits per heavy atom. The normalized spacial score (nSPS) is 14.8. The predicted molar refractivity (Wildman–Crippen MR) is 75.2 cm³/mol. The second-order valence-corrected chi connectivity index (χ2v) is 4.92. The first-order chi connectivity index (χ1) is 9.38. The van der Waals surface area contributed by atoms with Crippen LogP contribution in [0.3, 0.4) is 0 Å². The van der Waals surface area contributed by atoms with Gasteiger partial charge in [-0.2, -0.15) is 0 Å². The molecule has 2 aromatic heterocycles. The van der Waals surface area contributed by atoms with Crippen LogP contribution in [0.4, 0.5) is 5.82 Å². The molecule has 2 heterocycles. The van der Waals surface area contributed by atoms with Gasteiger partial charge in [0.15, 0.2) is 5.82 Å². The Balaban J connectivity index is 2.08. The average molecular weight is 257 g/mol. The number of hydrogen-bond acceptors (Lipinski definition) is 4. The summed E-state index contributed by atoms with van der Waals surface area (Å²) >= 11 is 0. The Kier molecular flexibility index (Phi) is 3.49. The van der Waals surface area contributed by atoms with E-state index < -0.39 is 0 Å². The molecule has 1 aliphatic carbocycles. The second-order valence-electron chi connectivity index (χ2n) is 4.92.